The van der Waals surface area contributed by atoms with Gasteiger partial charge in [-0.1, -0.05) is 184 Å². The molecule has 6 aromatic rings. The molecule has 0 saturated carbocycles. The van der Waals surface area contributed by atoms with Gasteiger partial charge in [0.1, 0.15) is 0 Å². The third-order valence-corrected chi connectivity index (χ3v) is 10.1. The largest absolute Gasteiger partial charge is 3.00 e. The number of benzene rings is 5. The Kier molecular flexibility index (Phi) is 12.2. The van der Waals surface area contributed by atoms with E-state index in [9.17, 15) is 0 Å². The maximum absolute atomic E-state index is 2.47. The molecule has 0 aliphatic heterocycles. The summed E-state index contributed by atoms with van der Waals surface area (Å²) in [6.07, 6.45) is 9.46. The normalized spacial score (nSPS) is 14.1. The summed E-state index contributed by atoms with van der Waals surface area (Å²) in [5.74, 6) is 0.212. The fourth-order valence-corrected chi connectivity index (χ4v) is 7.64. The minimum Gasteiger partial charge on any atom is -1.00 e. The molecule has 0 fully saturated rings. The second kappa shape index (κ2) is 15.5. The van der Waals surface area contributed by atoms with Gasteiger partial charge in [-0.3, -0.25) is 0 Å². The molecule has 1 aliphatic rings. The van der Waals surface area contributed by atoms with Crippen LogP contribution in [0.5, 0.6) is 0 Å². The number of hydrogen-bond donors (Lipinski definition) is 0. The van der Waals surface area contributed by atoms with Crippen molar-refractivity contribution in [1.29, 1.82) is 0 Å². The summed E-state index contributed by atoms with van der Waals surface area (Å²) in [4.78, 5) is 0. The zero-order valence-corrected chi connectivity index (χ0v) is 34.1. The minimum absolute atomic E-state index is 0. The maximum Gasteiger partial charge on any atom is 3.00 e. The summed E-state index contributed by atoms with van der Waals surface area (Å²) in [5, 5.41) is 5.36. The molecule has 50 heavy (non-hydrogen) atoms. The monoisotopic (exact) mass is 769 g/mol. The second-order valence-electron chi connectivity index (χ2n) is 15.0. The van der Waals surface area contributed by atoms with Crippen molar-refractivity contribution in [2.45, 2.75) is 65.2 Å². The number of rotatable bonds is 6. The van der Waals surface area contributed by atoms with Crippen LogP contribution in [-0.2, 0) is 37.0 Å². The first-order valence-corrected chi connectivity index (χ1v) is 17.0. The van der Waals surface area contributed by atoms with Crippen molar-refractivity contribution < 1.29 is 51.0 Å². The SMILES string of the molecule is Cc1ccc(C2=CC=CC2c2c(C(C)(C)C)ccc3c2[cH-]c2cc(C(C)(C)C=C(c4ccccc4)c4ccccc4)ccc23)c(C)c1.[Cl-].[Cl-].[Zr+3]. The van der Waals surface area contributed by atoms with E-state index in [-0.39, 0.29) is 67.8 Å². The minimum atomic E-state index is -0.189. The van der Waals surface area contributed by atoms with E-state index in [2.05, 4.69) is 188 Å². The third kappa shape index (κ3) is 7.48. The van der Waals surface area contributed by atoms with Crippen molar-refractivity contribution >= 4 is 32.7 Å². The molecule has 0 bridgehead atoms. The van der Waals surface area contributed by atoms with Crippen molar-refractivity contribution in [2.75, 3.05) is 0 Å². The van der Waals surface area contributed by atoms with Crippen LogP contribution in [0.15, 0.2) is 140 Å². The van der Waals surface area contributed by atoms with Crippen LogP contribution in [0.1, 0.15) is 85.0 Å². The van der Waals surface area contributed by atoms with Crippen molar-refractivity contribution in [3.8, 4) is 0 Å². The van der Waals surface area contributed by atoms with E-state index in [4.69, 9.17) is 0 Å². The molecule has 0 amide bonds. The Morgan fingerprint density at radius 2 is 1.32 bits per heavy atom. The van der Waals surface area contributed by atoms with E-state index < -0.39 is 0 Å². The molecule has 1 unspecified atom stereocenters. The van der Waals surface area contributed by atoms with E-state index >= 15 is 0 Å². The molecule has 0 spiro atoms. The van der Waals surface area contributed by atoms with E-state index in [1.165, 1.54) is 77.2 Å². The van der Waals surface area contributed by atoms with Gasteiger partial charge in [0, 0.05) is 11.3 Å². The Morgan fingerprint density at radius 1 is 0.700 bits per heavy atom. The fraction of sp³-hybridized carbons (Fsp3) is 0.213. The van der Waals surface area contributed by atoms with Crippen LogP contribution in [-0.4, -0.2) is 0 Å². The number of aryl methyl sites for hydroxylation is 2. The zero-order valence-electron chi connectivity index (χ0n) is 30.1. The third-order valence-electron chi connectivity index (χ3n) is 10.1. The summed E-state index contributed by atoms with van der Waals surface area (Å²) in [7, 11) is 0. The summed E-state index contributed by atoms with van der Waals surface area (Å²) in [5.41, 5.74) is 13.1. The molecule has 0 aromatic heterocycles. The standard InChI is InChI=1S/C47H45.2ClH.Zr/c1-31-21-23-37(32(2)27-31)39-19-14-20-41(39)45-42-29-35-28-36(22-24-38(35)40(42)25-26-44(45)46(3,4)5)47(6,7)30-43(33-15-10-8-11-16-33)34-17-12-9-13-18-34;;;/h8-30,41H,1-7H3;2*1H;/q-1;;;+3/p-2. The molecule has 0 saturated heterocycles. The van der Waals surface area contributed by atoms with Gasteiger partial charge in [-0.15, -0.1) is 33.7 Å². The Labute approximate surface area is 330 Å². The first-order valence-electron chi connectivity index (χ1n) is 17.0. The van der Waals surface area contributed by atoms with E-state index in [0.29, 0.717) is 0 Å². The van der Waals surface area contributed by atoms with Crippen LogP contribution in [0.3, 0.4) is 0 Å². The molecular formula is C47H45Cl2Zr. The van der Waals surface area contributed by atoms with E-state index in [0.717, 1.165) is 0 Å². The first-order chi connectivity index (χ1) is 22.5. The van der Waals surface area contributed by atoms with Gasteiger partial charge in [-0.25, -0.2) is 0 Å². The predicted octanol–water partition coefficient (Wildman–Crippen LogP) is 6.78. The second-order valence-corrected chi connectivity index (χ2v) is 15.0. The number of allylic oxidation sites excluding steroid dienone is 5. The molecule has 6 aromatic carbocycles. The molecule has 0 heterocycles. The summed E-state index contributed by atoms with van der Waals surface area (Å²) >= 11 is 0. The molecule has 251 valence electrons. The van der Waals surface area contributed by atoms with E-state index in [1.54, 1.807) is 0 Å². The summed E-state index contributed by atoms with van der Waals surface area (Å²) < 4.78 is 0. The van der Waals surface area contributed by atoms with Gasteiger partial charge >= 0.3 is 26.2 Å². The molecule has 1 atom stereocenters. The van der Waals surface area contributed by atoms with Crippen molar-refractivity contribution in [3.63, 3.8) is 0 Å². The van der Waals surface area contributed by atoms with Gasteiger partial charge in [0.2, 0.25) is 0 Å². The molecule has 3 heteroatoms. The van der Waals surface area contributed by atoms with Crippen molar-refractivity contribution in [1.82, 2.24) is 0 Å². The molecular weight excluding hydrogens is 727 g/mol. The van der Waals surface area contributed by atoms with Crippen LogP contribution in [0.2, 0.25) is 0 Å². The molecule has 0 nitrogen and oxygen atoms in total. The topological polar surface area (TPSA) is 0 Å². The maximum atomic E-state index is 2.47. The summed E-state index contributed by atoms with van der Waals surface area (Å²) in [6.45, 7) is 16.2. The van der Waals surface area contributed by atoms with Gasteiger partial charge in [-0.05, 0) is 52.7 Å². The van der Waals surface area contributed by atoms with Crippen LogP contribution in [0.4, 0.5) is 0 Å². The molecule has 1 aliphatic carbocycles. The fourth-order valence-electron chi connectivity index (χ4n) is 7.64. The van der Waals surface area contributed by atoms with Gasteiger partial charge < -0.3 is 24.8 Å². The average Bonchev–Trinajstić information content (AvgIpc) is 3.68. The van der Waals surface area contributed by atoms with Gasteiger partial charge in [0.15, 0.2) is 0 Å². The van der Waals surface area contributed by atoms with Crippen LogP contribution in [0.25, 0.3) is 32.7 Å². The van der Waals surface area contributed by atoms with Crippen LogP contribution < -0.4 is 24.8 Å². The van der Waals surface area contributed by atoms with Crippen LogP contribution in [0, 0.1) is 13.8 Å². The number of fused-ring (bicyclic) bond motifs is 3. The number of hydrogen-bond acceptors (Lipinski definition) is 0. The smallest absolute Gasteiger partial charge is 1.00 e. The molecule has 7 rings (SSSR count). The van der Waals surface area contributed by atoms with Gasteiger partial charge in [0.05, 0.1) is 0 Å². The Hall–Kier alpha value is -3.35. The number of halogens is 2. The average molecular weight is 772 g/mol. The molecule has 0 N–H and O–H groups in total. The van der Waals surface area contributed by atoms with Gasteiger partial charge in [0.25, 0.3) is 0 Å². The Morgan fingerprint density at radius 3 is 1.92 bits per heavy atom. The Balaban J connectivity index is 0.00000187. The first kappa shape index (κ1) is 39.4. The molecule has 1 radical (unpaired) electrons. The van der Waals surface area contributed by atoms with Crippen molar-refractivity contribution in [3.05, 3.63) is 184 Å². The van der Waals surface area contributed by atoms with Gasteiger partial charge in [-0.2, -0.15) is 0 Å². The quantitative estimate of drug-likeness (QED) is 0.164. The zero-order chi connectivity index (χ0) is 32.9. The van der Waals surface area contributed by atoms with Crippen molar-refractivity contribution in [2.24, 2.45) is 0 Å². The van der Waals surface area contributed by atoms with E-state index in [1.807, 2.05) is 0 Å². The summed E-state index contributed by atoms with van der Waals surface area (Å²) in [6, 6.07) is 42.8. The predicted molar refractivity (Wildman–Crippen MR) is 205 cm³/mol. The Bertz CT molecular complexity index is 2170. The van der Waals surface area contributed by atoms with Crippen LogP contribution >= 0.6 is 0 Å².